The molecular formula is C17H18N2O. The first-order valence-electron chi connectivity index (χ1n) is 6.88. The number of hydrogen-bond acceptors (Lipinski definition) is 2. The molecule has 2 aromatic carbocycles. The normalized spacial score (nSPS) is 14.5. The van der Waals surface area contributed by atoms with E-state index in [1.54, 1.807) is 0 Å². The van der Waals surface area contributed by atoms with Gasteiger partial charge in [-0.1, -0.05) is 23.8 Å². The van der Waals surface area contributed by atoms with Gasteiger partial charge in [0.1, 0.15) is 0 Å². The zero-order chi connectivity index (χ0) is 14.1. The van der Waals surface area contributed by atoms with Crippen LogP contribution in [-0.4, -0.2) is 12.5 Å². The predicted octanol–water partition coefficient (Wildman–Crippen LogP) is 3.78. The molecule has 1 heterocycles. The van der Waals surface area contributed by atoms with Crippen LogP contribution in [0.4, 0.5) is 17.1 Å². The van der Waals surface area contributed by atoms with Crippen LogP contribution in [0.2, 0.25) is 0 Å². The maximum atomic E-state index is 11.9. The maximum Gasteiger partial charge on any atom is 0.226 e. The van der Waals surface area contributed by atoms with Crippen LogP contribution >= 0.6 is 0 Å². The van der Waals surface area contributed by atoms with Gasteiger partial charge in [-0.2, -0.15) is 0 Å². The molecule has 0 bridgehead atoms. The van der Waals surface area contributed by atoms with Gasteiger partial charge in [-0.05, 0) is 43.7 Å². The van der Waals surface area contributed by atoms with Crippen molar-refractivity contribution >= 4 is 23.0 Å². The molecule has 20 heavy (non-hydrogen) atoms. The van der Waals surface area contributed by atoms with Crippen LogP contribution in [0.15, 0.2) is 42.5 Å². The lowest BCUT2D eigenvalue weighted by Crippen LogP contribution is -2.18. The number of hydrogen-bond donors (Lipinski definition) is 1. The van der Waals surface area contributed by atoms with E-state index >= 15 is 0 Å². The molecule has 102 valence electrons. The van der Waals surface area contributed by atoms with E-state index in [4.69, 9.17) is 0 Å². The summed E-state index contributed by atoms with van der Waals surface area (Å²) in [6, 6.07) is 14.6. The van der Waals surface area contributed by atoms with Crippen LogP contribution < -0.4 is 10.2 Å². The molecule has 1 amide bonds. The van der Waals surface area contributed by atoms with Crippen molar-refractivity contribution in [1.29, 1.82) is 0 Å². The Morgan fingerprint density at radius 2 is 1.70 bits per heavy atom. The molecule has 0 fully saturated rings. The van der Waals surface area contributed by atoms with E-state index in [-0.39, 0.29) is 5.91 Å². The Morgan fingerprint density at radius 3 is 2.45 bits per heavy atom. The van der Waals surface area contributed by atoms with E-state index < -0.39 is 0 Å². The van der Waals surface area contributed by atoms with Gasteiger partial charge in [-0.15, -0.1) is 0 Å². The van der Waals surface area contributed by atoms with E-state index in [0.29, 0.717) is 13.0 Å². The van der Waals surface area contributed by atoms with Crippen LogP contribution in [0, 0.1) is 13.8 Å². The molecule has 0 aromatic heterocycles. The fourth-order valence-electron chi connectivity index (χ4n) is 2.52. The van der Waals surface area contributed by atoms with Crippen LogP contribution in [0.5, 0.6) is 0 Å². The van der Waals surface area contributed by atoms with Gasteiger partial charge in [0.05, 0.1) is 11.4 Å². The van der Waals surface area contributed by atoms with Crippen LogP contribution in [-0.2, 0) is 4.79 Å². The van der Waals surface area contributed by atoms with Crippen molar-refractivity contribution in [3.8, 4) is 0 Å². The lowest BCUT2D eigenvalue weighted by atomic mass is 10.1. The van der Waals surface area contributed by atoms with Crippen molar-refractivity contribution in [2.45, 2.75) is 20.3 Å². The number of nitrogens with zero attached hydrogens (tertiary/aromatic N) is 1. The molecular weight excluding hydrogens is 248 g/mol. The van der Waals surface area contributed by atoms with E-state index in [9.17, 15) is 4.79 Å². The molecule has 1 N–H and O–H groups in total. The highest BCUT2D eigenvalue weighted by molar-refractivity contribution is 5.97. The number of benzene rings is 2. The maximum absolute atomic E-state index is 11.9. The smallest absolute Gasteiger partial charge is 0.226 e. The second-order valence-electron chi connectivity index (χ2n) is 5.31. The fourth-order valence-corrected chi connectivity index (χ4v) is 2.52. The second-order valence-corrected chi connectivity index (χ2v) is 5.31. The summed E-state index contributed by atoms with van der Waals surface area (Å²) < 4.78 is 0. The van der Waals surface area contributed by atoms with Gasteiger partial charge in [-0.25, -0.2) is 0 Å². The number of amides is 1. The summed E-state index contributed by atoms with van der Waals surface area (Å²) in [6.45, 7) is 4.81. The Balaban J connectivity index is 2.08. The standard InChI is InChI=1S/C17H18N2O/c1-12-3-6-14(7-4-12)19-10-9-17(20)18-15-11-13(2)5-8-16(15)19/h3-8,11H,9-10H2,1-2H3,(H,18,20). The summed E-state index contributed by atoms with van der Waals surface area (Å²) in [6.07, 6.45) is 0.502. The highest BCUT2D eigenvalue weighted by atomic mass is 16.1. The summed E-state index contributed by atoms with van der Waals surface area (Å²) in [7, 11) is 0. The molecule has 0 spiro atoms. The fraction of sp³-hybridized carbons (Fsp3) is 0.235. The zero-order valence-corrected chi connectivity index (χ0v) is 11.8. The van der Waals surface area contributed by atoms with Crippen molar-refractivity contribution in [3.63, 3.8) is 0 Å². The van der Waals surface area contributed by atoms with E-state index in [1.807, 2.05) is 13.0 Å². The van der Waals surface area contributed by atoms with Crippen molar-refractivity contribution in [2.75, 3.05) is 16.8 Å². The third kappa shape index (κ3) is 2.39. The van der Waals surface area contributed by atoms with Crippen molar-refractivity contribution in [3.05, 3.63) is 53.6 Å². The largest absolute Gasteiger partial charge is 0.339 e. The lowest BCUT2D eigenvalue weighted by molar-refractivity contribution is -0.115. The Labute approximate surface area is 119 Å². The monoisotopic (exact) mass is 266 g/mol. The molecule has 2 aromatic rings. The topological polar surface area (TPSA) is 32.3 Å². The summed E-state index contributed by atoms with van der Waals surface area (Å²) in [4.78, 5) is 14.1. The molecule has 0 saturated heterocycles. The highest BCUT2D eigenvalue weighted by Gasteiger charge is 2.20. The van der Waals surface area contributed by atoms with Gasteiger partial charge < -0.3 is 10.2 Å². The average Bonchev–Trinajstić information content (AvgIpc) is 2.58. The zero-order valence-electron chi connectivity index (χ0n) is 11.8. The second kappa shape index (κ2) is 5.00. The van der Waals surface area contributed by atoms with Gasteiger partial charge >= 0.3 is 0 Å². The Bertz CT molecular complexity index is 647. The molecule has 0 atom stereocenters. The molecule has 3 rings (SSSR count). The quantitative estimate of drug-likeness (QED) is 0.851. The highest BCUT2D eigenvalue weighted by Crippen LogP contribution is 2.35. The molecule has 0 radical (unpaired) electrons. The summed E-state index contributed by atoms with van der Waals surface area (Å²) >= 11 is 0. The average molecular weight is 266 g/mol. The number of rotatable bonds is 1. The van der Waals surface area contributed by atoms with E-state index in [0.717, 1.165) is 22.6 Å². The SMILES string of the molecule is Cc1ccc(N2CCC(=O)Nc3cc(C)ccc32)cc1. The number of fused-ring (bicyclic) bond motifs is 1. The van der Waals surface area contributed by atoms with Gasteiger partial charge in [0.2, 0.25) is 5.91 Å². The summed E-state index contributed by atoms with van der Waals surface area (Å²) in [5.41, 5.74) is 5.47. The first-order chi connectivity index (χ1) is 9.63. The van der Waals surface area contributed by atoms with E-state index in [1.165, 1.54) is 5.56 Å². The molecule has 3 nitrogen and oxygen atoms in total. The predicted molar refractivity (Wildman–Crippen MR) is 82.6 cm³/mol. The minimum absolute atomic E-state index is 0.0754. The van der Waals surface area contributed by atoms with Crippen molar-refractivity contribution < 1.29 is 4.79 Å². The first-order valence-corrected chi connectivity index (χ1v) is 6.88. The number of aryl methyl sites for hydroxylation is 2. The van der Waals surface area contributed by atoms with Crippen LogP contribution in [0.3, 0.4) is 0 Å². The summed E-state index contributed by atoms with van der Waals surface area (Å²) in [5.74, 6) is 0.0754. The van der Waals surface area contributed by atoms with E-state index in [2.05, 4.69) is 53.5 Å². The first kappa shape index (κ1) is 12.7. The lowest BCUT2D eigenvalue weighted by Gasteiger charge is -2.24. The van der Waals surface area contributed by atoms with Gasteiger partial charge in [0, 0.05) is 18.7 Å². The van der Waals surface area contributed by atoms with Gasteiger partial charge in [0.15, 0.2) is 0 Å². The number of anilines is 3. The van der Waals surface area contributed by atoms with Gasteiger partial charge in [-0.3, -0.25) is 4.79 Å². The van der Waals surface area contributed by atoms with Crippen LogP contribution in [0.1, 0.15) is 17.5 Å². The van der Waals surface area contributed by atoms with Crippen molar-refractivity contribution in [1.82, 2.24) is 0 Å². The third-order valence-electron chi connectivity index (χ3n) is 3.63. The molecule has 0 unspecified atom stereocenters. The third-order valence-corrected chi connectivity index (χ3v) is 3.63. The molecule has 3 heteroatoms. The number of nitrogens with one attached hydrogen (secondary N) is 1. The summed E-state index contributed by atoms with van der Waals surface area (Å²) in [5, 5.41) is 2.99. The Morgan fingerprint density at radius 1 is 1.00 bits per heavy atom. The minimum atomic E-state index is 0.0754. The van der Waals surface area contributed by atoms with Crippen molar-refractivity contribution in [2.24, 2.45) is 0 Å². The van der Waals surface area contributed by atoms with Gasteiger partial charge in [0.25, 0.3) is 0 Å². The Kier molecular flexibility index (Phi) is 3.18. The molecule has 0 aliphatic carbocycles. The number of carbonyl (C=O) groups is 1. The molecule has 1 aliphatic rings. The minimum Gasteiger partial charge on any atom is -0.339 e. The molecule has 1 aliphatic heterocycles. The Hall–Kier alpha value is -2.29. The molecule has 0 saturated carbocycles. The number of carbonyl (C=O) groups excluding carboxylic acids is 1. The van der Waals surface area contributed by atoms with Crippen LogP contribution in [0.25, 0.3) is 0 Å².